The lowest BCUT2D eigenvalue weighted by Gasteiger charge is -2.14. The Balaban J connectivity index is 2.21. The fraction of sp³-hybridized carbons (Fsp3) is 0.167. The Bertz CT molecular complexity index is 448. The molecule has 1 aromatic carbocycles. The van der Waals surface area contributed by atoms with Gasteiger partial charge in [0, 0.05) is 4.88 Å². The zero-order valence-corrected chi connectivity index (χ0v) is 9.52. The Labute approximate surface area is 96.7 Å². The Morgan fingerprint density at radius 3 is 2.38 bits per heavy atom. The van der Waals surface area contributed by atoms with Gasteiger partial charge in [-0.2, -0.15) is 0 Å². The third kappa shape index (κ3) is 2.22. The second kappa shape index (κ2) is 4.61. The van der Waals surface area contributed by atoms with Crippen molar-refractivity contribution in [2.45, 2.75) is 13.0 Å². The van der Waals surface area contributed by atoms with Gasteiger partial charge in [0.25, 0.3) is 0 Å². The van der Waals surface area contributed by atoms with Gasteiger partial charge in [0.15, 0.2) is 0 Å². The summed E-state index contributed by atoms with van der Waals surface area (Å²) in [6.45, 7) is 1.87. The Morgan fingerprint density at radius 2 is 1.81 bits per heavy atom. The number of hydrogen-bond donors (Lipinski definition) is 1. The van der Waals surface area contributed by atoms with E-state index in [0.717, 1.165) is 4.88 Å². The van der Waals surface area contributed by atoms with Crippen LogP contribution in [0, 0.1) is 11.6 Å². The van der Waals surface area contributed by atoms with Gasteiger partial charge >= 0.3 is 0 Å². The quantitative estimate of drug-likeness (QED) is 0.846. The van der Waals surface area contributed by atoms with E-state index in [-0.39, 0.29) is 11.7 Å². The van der Waals surface area contributed by atoms with E-state index in [0.29, 0.717) is 0 Å². The maximum Gasteiger partial charge on any atom is 0.149 e. The van der Waals surface area contributed by atoms with Crippen LogP contribution in [0.5, 0.6) is 0 Å². The number of anilines is 1. The molecule has 0 saturated heterocycles. The SMILES string of the molecule is CC(Nc1c(F)cccc1F)c1cccs1. The average molecular weight is 239 g/mol. The van der Waals surface area contributed by atoms with Crippen LogP contribution in [0.1, 0.15) is 17.8 Å². The van der Waals surface area contributed by atoms with Crippen LogP contribution in [0.4, 0.5) is 14.5 Å². The van der Waals surface area contributed by atoms with E-state index in [2.05, 4.69) is 5.32 Å². The van der Waals surface area contributed by atoms with Crippen LogP contribution in [-0.2, 0) is 0 Å². The van der Waals surface area contributed by atoms with Crippen molar-refractivity contribution in [1.82, 2.24) is 0 Å². The second-order valence-corrected chi connectivity index (χ2v) is 4.46. The minimum Gasteiger partial charge on any atom is -0.373 e. The summed E-state index contributed by atoms with van der Waals surface area (Å²) in [5.41, 5.74) is -0.0663. The molecule has 16 heavy (non-hydrogen) atoms. The Morgan fingerprint density at radius 1 is 1.12 bits per heavy atom. The summed E-state index contributed by atoms with van der Waals surface area (Å²) in [6.07, 6.45) is 0. The molecule has 1 N–H and O–H groups in total. The average Bonchev–Trinajstić information content (AvgIpc) is 2.76. The Kier molecular flexibility index (Phi) is 3.19. The number of rotatable bonds is 3. The molecule has 84 valence electrons. The predicted molar refractivity (Wildman–Crippen MR) is 62.7 cm³/mol. The lowest BCUT2D eigenvalue weighted by atomic mass is 10.2. The fourth-order valence-electron chi connectivity index (χ4n) is 1.46. The molecule has 0 fully saturated rings. The lowest BCUT2D eigenvalue weighted by Crippen LogP contribution is -2.08. The summed E-state index contributed by atoms with van der Waals surface area (Å²) in [4.78, 5) is 1.04. The maximum absolute atomic E-state index is 13.4. The van der Waals surface area contributed by atoms with Crippen molar-refractivity contribution in [3.8, 4) is 0 Å². The summed E-state index contributed by atoms with van der Waals surface area (Å²) in [5, 5.41) is 4.78. The molecule has 0 aliphatic carbocycles. The minimum absolute atomic E-state index is 0.0663. The maximum atomic E-state index is 13.4. The summed E-state index contributed by atoms with van der Waals surface area (Å²) >= 11 is 1.55. The van der Waals surface area contributed by atoms with Crippen molar-refractivity contribution in [2.75, 3.05) is 5.32 Å². The van der Waals surface area contributed by atoms with Gasteiger partial charge in [-0.1, -0.05) is 12.1 Å². The van der Waals surface area contributed by atoms with Gasteiger partial charge in [0.2, 0.25) is 0 Å². The predicted octanol–water partition coefficient (Wildman–Crippen LogP) is 4.20. The highest BCUT2D eigenvalue weighted by molar-refractivity contribution is 7.10. The first kappa shape index (κ1) is 11.1. The topological polar surface area (TPSA) is 12.0 Å². The zero-order valence-electron chi connectivity index (χ0n) is 8.71. The van der Waals surface area contributed by atoms with Crippen LogP contribution in [0.15, 0.2) is 35.7 Å². The summed E-state index contributed by atoms with van der Waals surface area (Å²) in [7, 11) is 0. The van der Waals surface area contributed by atoms with Gasteiger partial charge in [0.05, 0.1) is 6.04 Å². The normalized spacial score (nSPS) is 12.4. The number of benzene rings is 1. The molecule has 1 heterocycles. The third-order valence-corrected chi connectivity index (χ3v) is 3.35. The highest BCUT2D eigenvalue weighted by Crippen LogP contribution is 2.26. The minimum atomic E-state index is -0.566. The van der Waals surface area contributed by atoms with Gasteiger partial charge in [-0.15, -0.1) is 11.3 Å². The summed E-state index contributed by atoms with van der Waals surface area (Å²) in [5.74, 6) is -1.13. The molecule has 0 bridgehead atoms. The van der Waals surface area contributed by atoms with Gasteiger partial charge in [-0.05, 0) is 30.5 Å². The zero-order chi connectivity index (χ0) is 11.5. The van der Waals surface area contributed by atoms with Crippen LogP contribution < -0.4 is 5.32 Å². The fourth-order valence-corrected chi connectivity index (χ4v) is 2.20. The molecular weight excluding hydrogens is 228 g/mol. The van der Waals surface area contributed by atoms with Crippen molar-refractivity contribution in [3.05, 3.63) is 52.2 Å². The van der Waals surface area contributed by atoms with Crippen LogP contribution in [0.2, 0.25) is 0 Å². The van der Waals surface area contributed by atoms with Crippen molar-refractivity contribution in [2.24, 2.45) is 0 Å². The first-order valence-corrected chi connectivity index (χ1v) is 5.80. The molecule has 0 aliphatic heterocycles. The van der Waals surface area contributed by atoms with E-state index >= 15 is 0 Å². The van der Waals surface area contributed by atoms with Gasteiger partial charge in [-0.25, -0.2) is 8.78 Å². The lowest BCUT2D eigenvalue weighted by molar-refractivity contribution is 0.585. The van der Waals surface area contributed by atoms with Crippen molar-refractivity contribution >= 4 is 17.0 Å². The number of thiophene rings is 1. The smallest absolute Gasteiger partial charge is 0.149 e. The van der Waals surface area contributed by atoms with Crippen molar-refractivity contribution < 1.29 is 8.78 Å². The van der Waals surface area contributed by atoms with E-state index in [9.17, 15) is 8.78 Å². The van der Waals surface area contributed by atoms with E-state index in [1.54, 1.807) is 11.3 Å². The molecule has 1 nitrogen and oxygen atoms in total. The molecule has 2 rings (SSSR count). The van der Waals surface area contributed by atoms with Gasteiger partial charge in [-0.3, -0.25) is 0 Å². The van der Waals surface area contributed by atoms with Crippen molar-refractivity contribution in [3.63, 3.8) is 0 Å². The molecule has 0 radical (unpaired) electrons. The van der Waals surface area contributed by atoms with E-state index in [4.69, 9.17) is 0 Å². The molecule has 1 unspecified atom stereocenters. The monoisotopic (exact) mass is 239 g/mol. The highest BCUT2D eigenvalue weighted by Gasteiger charge is 2.12. The highest BCUT2D eigenvalue weighted by atomic mass is 32.1. The molecule has 1 atom stereocenters. The summed E-state index contributed by atoms with van der Waals surface area (Å²) < 4.78 is 26.7. The van der Waals surface area contributed by atoms with Gasteiger partial charge < -0.3 is 5.32 Å². The van der Waals surface area contributed by atoms with Crippen LogP contribution in [-0.4, -0.2) is 0 Å². The first-order chi connectivity index (χ1) is 7.68. The second-order valence-electron chi connectivity index (χ2n) is 3.48. The van der Waals surface area contributed by atoms with Crippen molar-refractivity contribution in [1.29, 1.82) is 0 Å². The molecular formula is C12H11F2NS. The van der Waals surface area contributed by atoms with Crippen LogP contribution >= 0.6 is 11.3 Å². The van der Waals surface area contributed by atoms with E-state index < -0.39 is 11.6 Å². The van der Waals surface area contributed by atoms with Crippen LogP contribution in [0.3, 0.4) is 0 Å². The van der Waals surface area contributed by atoms with E-state index in [1.165, 1.54) is 18.2 Å². The molecule has 0 saturated carbocycles. The standard InChI is InChI=1S/C12H11F2NS/c1-8(11-6-3-7-16-11)15-12-9(13)4-2-5-10(12)14/h2-8,15H,1H3. The molecule has 2 aromatic rings. The number of nitrogens with one attached hydrogen (secondary N) is 1. The number of halogens is 2. The molecule has 1 aromatic heterocycles. The first-order valence-electron chi connectivity index (χ1n) is 4.92. The third-order valence-electron chi connectivity index (χ3n) is 2.29. The Hall–Kier alpha value is -1.42. The molecule has 0 amide bonds. The van der Waals surface area contributed by atoms with Crippen LogP contribution in [0.25, 0.3) is 0 Å². The van der Waals surface area contributed by atoms with E-state index in [1.807, 2.05) is 24.4 Å². The van der Waals surface area contributed by atoms with Gasteiger partial charge in [0.1, 0.15) is 17.3 Å². The number of hydrogen-bond acceptors (Lipinski definition) is 2. The molecule has 0 spiro atoms. The number of para-hydroxylation sites is 1. The largest absolute Gasteiger partial charge is 0.373 e. The molecule has 0 aliphatic rings. The molecule has 4 heteroatoms. The summed E-state index contributed by atoms with van der Waals surface area (Å²) in [6, 6.07) is 7.58.